The molecule has 0 amide bonds. The van der Waals surface area contributed by atoms with Crippen molar-refractivity contribution < 1.29 is 0 Å². The van der Waals surface area contributed by atoms with Gasteiger partial charge in [0.2, 0.25) is 0 Å². The van der Waals surface area contributed by atoms with Gasteiger partial charge in [0.15, 0.2) is 4.77 Å². The second-order valence-electron chi connectivity index (χ2n) is 5.57. The molecule has 1 N–H and O–H groups in total. The molecule has 98 valence electrons. The van der Waals surface area contributed by atoms with Crippen molar-refractivity contribution in [1.82, 2.24) is 14.5 Å². The summed E-state index contributed by atoms with van der Waals surface area (Å²) in [5, 5.41) is 0. The number of aromatic amines is 1. The molecule has 0 saturated carbocycles. The van der Waals surface area contributed by atoms with Crippen LogP contribution in [0.5, 0.6) is 0 Å². The molecule has 3 rings (SSSR count). The van der Waals surface area contributed by atoms with Crippen LogP contribution in [0.4, 0.5) is 0 Å². The van der Waals surface area contributed by atoms with Gasteiger partial charge in [-0.3, -0.25) is 4.57 Å². The van der Waals surface area contributed by atoms with Gasteiger partial charge in [-0.2, -0.15) is 0 Å². The molecule has 3 nitrogen and oxygen atoms in total. The van der Waals surface area contributed by atoms with Gasteiger partial charge in [0.05, 0.1) is 15.7 Å². The lowest BCUT2D eigenvalue weighted by molar-refractivity contribution is 0.556. The molecule has 0 atom stereocenters. The fourth-order valence-corrected chi connectivity index (χ4v) is 3.13. The molecule has 2 aromatic heterocycles. The Labute approximate surface area is 120 Å². The van der Waals surface area contributed by atoms with E-state index in [2.05, 4.69) is 47.4 Å². The van der Waals surface area contributed by atoms with Gasteiger partial charge in [-0.1, -0.05) is 20.8 Å². The van der Waals surface area contributed by atoms with Crippen molar-refractivity contribution in [3.05, 3.63) is 40.4 Å². The Kier molecular flexibility index (Phi) is 2.83. The minimum atomic E-state index is 0.0379. The van der Waals surface area contributed by atoms with E-state index in [0.29, 0.717) is 0 Å². The summed E-state index contributed by atoms with van der Waals surface area (Å²) in [5.74, 6) is 0. The van der Waals surface area contributed by atoms with Crippen molar-refractivity contribution in [1.29, 1.82) is 0 Å². The molecule has 5 heteroatoms. The summed E-state index contributed by atoms with van der Waals surface area (Å²) in [7, 11) is 0. The number of fused-ring (bicyclic) bond motifs is 1. The summed E-state index contributed by atoms with van der Waals surface area (Å²) in [5.41, 5.74) is 5.22. The van der Waals surface area contributed by atoms with Crippen LogP contribution in [0.25, 0.3) is 15.9 Å². The first-order valence-electron chi connectivity index (χ1n) is 6.11. The maximum absolute atomic E-state index is 5.42. The fourth-order valence-electron chi connectivity index (χ4n) is 2.16. The van der Waals surface area contributed by atoms with Gasteiger partial charge in [-0.25, -0.2) is 4.98 Å². The molecule has 3 aromatic rings. The van der Waals surface area contributed by atoms with Crippen LogP contribution in [0.15, 0.2) is 29.9 Å². The molecule has 0 bridgehead atoms. The van der Waals surface area contributed by atoms with E-state index in [1.807, 2.05) is 17.8 Å². The summed E-state index contributed by atoms with van der Waals surface area (Å²) in [6, 6.07) is 6.26. The van der Waals surface area contributed by atoms with Gasteiger partial charge in [-0.05, 0) is 30.4 Å². The van der Waals surface area contributed by atoms with E-state index in [0.717, 1.165) is 16.0 Å². The Hall–Kier alpha value is -1.46. The van der Waals surface area contributed by atoms with Gasteiger partial charge < -0.3 is 4.98 Å². The van der Waals surface area contributed by atoms with Crippen LogP contribution in [0.1, 0.15) is 26.5 Å². The molecular formula is C14H15N3S2. The van der Waals surface area contributed by atoms with Crippen molar-refractivity contribution in [2.24, 2.45) is 0 Å². The number of aromatic nitrogens is 3. The second-order valence-corrected chi connectivity index (χ2v) is 6.84. The Bertz CT molecular complexity index is 787. The SMILES string of the molecule is CC(C)(C)c1c[nH]c(=S)n1-c1ccc2ncsc2c1. The lowest BCUT2D eigenvalue weighted by Crippen LogP contribution is -2.16. The highest BCUT2D eigenvalue weighted by atomic mass is 32.1. The Morgan fingerprint density at radius 2 is 2.11 bits per heavy atom. The Morgan fingerprint density at radius 3 is 2.84 bits per heavy atom. The number of thiazole rings is 1. The van der Waals surface area contributed by atoms with Crippen molar-refractivity contribution in [3.63, 3.8) is 0 Å². The molecule has 0 fully saturated rings. The molecule has 2 heterocycles. The summed E-state index contributed by atoms with van der Waals surface area (Å²) < 4.78 is 4.02. The summed E-state index contributed by atoms with van der Waals surface area (Å²) in [4.78, 5) is 7.46. The van der Waals surface area contributed by atoms with E-state index >= 15 is 0 Å². The number of nitrogens with zero attached hydrogens (tertiary/aromatic N) is 2. The molecule has 0 unspecified atom stereocenters. The highest BCUT2D eigenvalue weighted by molar-refractivity contribution is 7.71. The van der Waals surface area contributed by atoms with Crippen molar-refractivity contribution in [3.8, 4) is 5.69 Å². The van der Waals surface area contributed by atoms with E-state index in [1.54, 1.807) is 11.3 Å². The van der Waals surface area contributed by atoms with Crippen LogP contribution in [0.3, 0.4) is 0 Å². The largest absolute Gasteiger partial charge is 0.337 e. The van der Waals surface area contributed by atoms with Crippen LogP contribution in [-0.4, -0.2) is 14.5 Å². The normalized spacial score (nSPS) is 12.2. The predicted molar refractivity (Wildman–Crippen MR) is 82.8 cm³/mol. The zero-order valence-electron chi connectivity index (χ0n) is 11.1. The minimum absolute atomic E-state index is 0.0379. The van der Waals surface area contributed by atoms with Crippen LogP contribution >= 0.6 is 23.6 Å². The molecule has 0 saturated heterocycles. The van der Waals surface area contributed by atoms with Gasteiger partial charge in [0.25, 0.3) is 0 Å². The van der Waals surface area contributed by atoms with E-state index < -0.39 is 0 Å². The predicted octanol–water partition coefficient (Wildman–Crippen LogP) is 4.44. The van der Waals surface area contributed by atoms with Gasteiger partial charge in [0.1, 0.15) is 0 Å². The molecule has 0 radical (unpaired) electrons. The molecular weight excluding hydrogens is 274 g/mol. The molecule has 0 aliphatic heterocycles. The number of hydrogen-bond acceptors (Lipinski definition) is 3. The maximum Gasteiger partial charge on any atom is 0.182 e. The number of imidazole rings is 1. The van der Waals surface area contributed by atoms with Crippen LogP contribution < -0.4 is 0 Å². The average molecular weight is 289 g/mol. The zero-order chi connectivity index (χ0) is 13.6. The first-order chi connectivity index (χ1) is 8.97. The molecule has 0 aliphatic carbocycles. The third kappa shape index (κ3) is 2.13. The quantitative estimate of drug-likeness (QED) is 0.672. The van der Waals surface area contributed by atoms with E-state index in [-0.39, 0.29) is 5.41 Å². The number of hydrogen-bond donors (Lipinski definition) is 1. The van der Waals surface area contributed by atoms with Crippen molar-refractivity contribution in [2.45, 2.75) is 26.2 Å². The van der Waals surface area contributed by atoms with Crippen molar-refractivity contribution in [2.75, 3.05) is 0 Å². The van der Waals surface area contributed by atoms with Crippen LogP contribution in [0.2, 0.25) is 0 Å². The zero-order valence-corrected chi connectivity index (χ0v) is 12.7. The average Bonchev–Trinajstić information content (AvgIpc) is 2.92. The lowest BCUT2D eigenvalue weighted by atomic mass is 9.92. The molecule has 0 spiro atoms. The maximum atomic E-state index is 5.42. The number of H-pyrrole nitrogens is 1. The number of benzene rings is 1. The standard InChI is InChI=1S/C14H15N3S2/c1-14(2,3)12-7-15-13(18)17(12)9-4-5-10-11(6-9)19-8-16-10/h4-8H,1-3H3,(H,15,18). The second kappa shape index (κ2) is 4.28. The Morgan fingerprint density at radius 1 is 1.32 bits per heavy atom. The monoisotopic (exact) mass is 289 g/mol. The van der Waals surface area contributed by atoms with Gasteiger partial charge >= 0.3 is 0 Å². The lowest BCUT2D eigenvalue weighted by Gasteiger charge is -2.20. The first kappa shape index (κ1) is 12.6. The van der Waals surface area contributed by atoms with E-state index in [1.165, 1.54) is 10.4 Å². The van der Waals surface area contributed by atoms with Gasteiger partial charge in [-0.15, -0.1) is 11.3 Å². The summed E-state index contributed by atoms with van der Waals surface area (Å²) >= 11 is 7.07. The van der Waals surface area contributed by atoms with Gasteiger partial charge in [0, 0.05) is 23.0 Å². The number of rotatable bonds is 1. The molecule has 1 aromatic carbocycles. The third-order valence-corrected chi connectivity index (χ3v) is 4.21. The molecule has 19 heavy (non-hydrogen) atoms. The summed E-state index contributed by atoms with van der Waals surface area (Å²) in [6.07, 6.45) is 2.00. The Balaban J connectivity index is 2.26. The van der Waals surface area contributed by atoms with Crippen molar-refractivity contribution >= 4 is 33.8 Å². The first-order valence-corrected chi connectivity index (χ1v) is 7.40. The highest BCUT2D eigenvalue weighted by Crippen LogP contribution is 2.27. The third-order valence-electron chi connectivity index (χ3n) is 3.12. The summed E-state index contributed by atoms with van der Waals surface area (Å²) in [6.45, 7) is 6.56. The van der Waals surface area contributed by atoms with Crippen LogP contribution in [0, 0.1) is 4.77 Å². The smallest absolute Gasteiger partial charge is 0.182 e. The van der Waals surface area contributed by atoms with E-state index in [4.69, 9.17) is 12.2 Å². The van der Waals surface area contributed by atoms with Crippen LogP contribution in [-0.2, 0) is 5.41 Å². The van der Waals surface area contributed by atoms with E-state index in [9.17, 15) is 0 Å². The number of nitrogens with one attached hydrogen (secondary N) is 1. The highest BCUT2D eigenvalue weighted by Gasteiger charge is 2.20. The molecule has 0 aliphatic rings. The topological polar surface area (TPSA) is 33.6 Å². The fraction of sp³-hybridized carbons (Fsp3) is 0.286. The minimum Gasteiger partial charge on any atom is -0.337 e.